The summed E-state index contributed by atoms with van der Waals surface area (Å²) >= 11 is 0. The minimum Gasteiger partial charge on any atom is -0.467 e. The van der Waals surface area contributed by atoms with Crippen molar-refractivity contribution < 1.29 is 23.9 Å². The molecule has 0 aliphatic carbocycles. The number of hydrogen-bond acceptors (Lipinski definition) is 5. The van der Waals surface area contributed by atoms with Gasteiger partial charge in [0.1, 0.15) is 6.61 Å². The Hall–Kier alpha value is -2.11. The number of allylic oxidation sites excluding steroid dienone is 2. The molecule has 0 aromatic rings. The van der Waals surface area contributed by atoms with Gasteiger partial charge in [0, 0.05) is 12.8 Å². The number of amides is 1. The average molecular weight is 283 g/mol. The van der Waals surface area contributed by atoms with Crippen LogP contribution < -0.4 is 5.32 Å². The number of nitrogens with one attached hydrogen (secondary N) is 1. The third-order valence-electron chi connectivity index (χ3n) is 2.36. The van der Waals surface area contributed by atoms with E-state index in [0.717, 1.165) is 0 Å². The summed E-state index contributed by atoms with van der Waals surface area (Å²) in [6, 6.07) is -0.995. The SMILES string of the molecule is C=CCCC(=O)N[C@@H](COC(=O)CCC=C)C(=O)OC. The van der Waals surface area contributed by atoms with Gasteiger partial charge in [0.25, 0.3) is 0 Å². The van der Waals surface area contributed by atoms with E-state index in [9.17, 15) is 14.4 Å². The predicted octanol–water partition coefficient (Wildman–Crippen LogP) is 1.12. The number of carbonyl (C=O) groups excluding carboxylic acids is 3. The molecular weight excluding hydrogens is 262 g/mol. The molecule has 0 fully saturated rings. The van der Waals surface area contributed by atoms with Crippen molar-refractivity contribution in [3.63, 3.8) is 0 Å². The summed E-state index contributed by atoms with van der Waals surface area (Å²) in [5, 5.41) is 2.46. The second-order valence-corrected chi connectivity index (χ2v) is 3.98. The zero-order valence-corrected chi connectivity index (χ0v) is 11.7. The summed E-state index contributed by atoms with van der Waals surface area (Å²) in [6.07, 6.45) is 4.58. The lowest BCUT2D eigenvalue weighted by Gasteiger charge is -2.16. The van der Waals surface area contributed by atoms with Gasteiger partial charge >= 0.3 is 11.9 Å². The Morgan fingerprint density at radius 2 is 1.75 bits per heavy atom. The lowest BCUT2D eigenvalue weighted by atomic mass is 10.2. The van der Waals surface area contributed by atoms with Gasteiger partial charge in [-0.3, -0.25) is 9.59 Å². The maximum absolute atomic E-state index is 11.5. The Labute approximate surface area is 118 Å². The van der Waals surface area contributed by atoms with Gasteiger partial charge in [0.05, 0.1) is 7.11 Å². The number of ether oxygens (including phenoxy) is 2. The van der Waals surface area contributed by atoms with Crippen molar-refractivity contribution in [2.45, 2.75) is 31.7 Å². The number of rotatable bonds is 10. The second-order valence-electron chi connectivity index (χ2n) is 3.98. The minimum absolute atomic E-state index is 0.182. The van der Waals surface area contributed by atoms with Crippen LogP contribution in [0.5, 0.6) is 0 Å². The summed E-state index contributed by atoms with van der Waals surface area (Å²) < 4.78 is 9.46. The number of hydrogen-bond donors (Lipinski definition) is 1. The highest BCUT2D eigenvalue weighted by molar-refractivity contribution is 5.84. The first-order valence-corrected chi connectivity index (χ1v) is 6.29. The van der Waals surface area contributed by atoms with Crippen LogP contribution in [0.15, 0.2) is 25.3 Å². The Kier molecular flexibility index (Phi) is 9.64. The fourth-order valence-corrected chi connectivity index (χ4v) is 1.28. The topological polar surface area (TPSA) is 81.7 Å². The van der Waals surface area contributed by atoms with Crippen molar-refractivity contribution in [1.29, 1.82) is 0 Å². The van der Waals surface area contributed by atoms with Gasteiger partial charge in [-0.1, -0.05) is 12.2 Å². The third kappa shape index (κ3) is 8.07. The van der Waals surface area contributed by atoms with Gasteiger partial charge in [-0.15, -0.1) is 13.2 Å². The van der Waals surface area contributed by atoms with Crippen molar-refractivity contribution in [3.8, 4) is 0 Å². The van der Waals surface area contributed by atoms with Crippen molar-refractivity contribution in [2.75, 3.05) is 13.7 Å². The van der Waals surface area contributed by atoms with Gasteiger partial charge in [-0.25, -0.2) is 4.79 Å². The van der Waals surface area contributed by atoms with Crippen LogP contribution in [-0.4, -0.2) is 37.6 Å². The molecule has 6 heteroatoms. The number of methoxy groups -OCH3 is 1. The molecule has 0 aliphatic heterocycles. The molecule has 1 amide bonds. The molecule has 112 valence electrons. The highest BCUT2D eigenvalue weighted by Crippen LogP contribution is 1.98. The van der Waals surface area contributed by atoms with E-state index in [4.69, 9.17) is 4.74 Å². The van der Waals surface area contributed by atoms with Crippen molar-refractivity contribution in [1.82, 2.24) is 5.32 Å². The minimum atomic E-state index is -0.995. The zero-order valence-electron chi connectivity index (χ0n) is 11.7. The van der Waals surface area contributed by atoms with E-state index >= 15 is 0 Å². The smallest absolute Gasteiger partial charge is 0.331 e. The summed E-state index contributed by atoms with van der Waals surface area (Å²) in [6.45, 7) is 6.74. The molecule has 0 unspecified atom stereocenters. The van der Waals surface area contributed by atoms with Gasteiger partial charge in [0.2, 0.25) is 5.91 Å². The lowest BCUT2D eigenvalue weighted by molar-refractivity contribution is -0.152. The van der Waals surface area contributed by atoms with E-state index in [-0.39, 0.29) is 25.4 Å². The molecule has 0 aromatic carbocycles. The lowest BCUT2D eigenvalue weighted by Crippen LogP contribution is -2.45. The molecule has 0 saturated heterocycles. The molecule has 6 nitrogen and oxygen atoms in total. The quantitative estimate of drug-likeness (QED) is 0.480. The van der Waals surface area contributed by atoms with E-state index in [1.165, 1.54) is 7.11 Å². The predicted molar refractivity (Wildman–Crippen MR) is 73.8 cm³/mol. The third-order valence-corrected chi connectivity index (χ3v) is 2.36. The summed E-state index contributed by atoms with van der Waals surface area (Å²) in [4.78, 5) is 34.3. The van der Waals surface area contributed by atoms with Crippen LogP contribution in [-0.2, 0) is 23.9 Å². The fraction of sp³-hybridized carbons (Fsp3) is 0.500. The van der Waals surface area contributed by atoms with Crippen LogP contribution in [0.1, 0.15) is 25.7 Å². The maximum atomic E-state index is 11.5. The molecule has 0 spiro atoms. The van der Waals surface area contributed by atoms with Crippen molar-refractivity contribution >= 4 is 17.8 Å². The van der Waals surface area contributed by atoms with Crippen LogP contribution in [0.25, 0.3) is 0 Å². The standard InChI is InChI=1S/C14H21NO5/c1-4-6-8-12(16)15-11(14(18)19-3)10-20-13(17)9-7-5-2/h4-5,11H,1-2,6-10H2,3H3,(H,15,16)/t11-/m0/s1. The summed E-state index contributed by atoms with van der Waals surface area (Å²) in [5.74, 6) is -1.45. The molecule has 0 aromatic heterocycles. The Bertz CT molecular complexity index is 365. The number of esters is 2. The molecule has 20 heavy (non-hydrogen) atoms. The number of carbonyl (C=O) groups is 3. The first-order chi connectivity index (χ1) is 9.54. The molecule has 1 N–H and O–H groups in total. The molecular formula is C14H21NO5. The normalized spacial score (nSPS) is 11.1. The van der Waals surface area contributed by atoms with E-state index in [2.05, 4.69) is 23.2 Å². The highest BCUT2D eigenvalue weighted by atomic mass is 16.5. The molecule has 0 saturated carbocycles. The van der Waals surface area contributed by atoms with Crippen molar-refractivity contribution in [3.05, 3.63) is 25.3 Å². The van der Waals surface area contributed by atoms with E-state index in [1.54, 1.807) is 12.2 Å². The Balaban J connectivity index is 4.31. The average Bonchev–Trinajstić information content (AvgIpc) is 2.46. The first kappa shape index (κ1) is 17.9. The first-order valence-electron chi connectivity index (χ1n) is 6.29. The van der Waals surface area contributed by atoms with E-state index in [1.807, 2.05) is 0 Å². The molecule has 0 aliphatic rings. The molecule has 0 rings (SSSR count). The Morgan fingerprint density at radius 1 is 1.15 bits per heavy atom. The van der Waals surface area contributed by atoms with Gasteiger partial charge in [-0.2, -0.15) is 0 Å². The van der Waals surface area contributed by atoms with Gasteiger partial charge in [0.15, 0.2) is 6.04 Å². The second kappa shape index (κ2) is 10.8. The summed E-state index contributed by atoms with van der Waals surface area (Å²) in [5.41, 5.74) is 0. The molecule has 1 atom stereocenters. The molecule has 0 radical (unpaired) electrons. The largest absolute Gasteiger partial charge is 0.467 e. The fourth-order valence-electron chi connectivity index (χ4n) is 1.28. The van der Waals surface area contributed by atoms with Crippen LogP contribution in [0.4, 0.5) is 0 Å². The van der Waals surface area contributed by atoms with Gasteiger partial charge < -0.3 is 14.8 Å². The van der Waals surface area contributed by atoms with Gasteiger partial charge in [-0.05, 0) is 12.8 Å². The van der Waals surface area contributed by atoms with Crippen LogP contribution in [0.2, 0.25) is 0 Å². The van der Waals surface area contributed by atoms with Crippen LogP contribution >= 0.6 is 0 Å². The zero-order chi connectivity index (χ0) is 15.4. The van der Waals surface area contributed by atoms with Crippen LogP contribution in [0.3, 0.4) is 0 Å². The monoisotopic (exact) mass is 283 g/mol. The van der Waals surface area contributed by atoms with E-state index in [0.29, 0.717) is 12.8 Å². The summed E-state index contributed by atoms with van der Waals surface area (Å²) in [7, 11) is 1.20. The highest BCUT2D eigenvalue weighted by Gasteiger charge is 2.22. The molecule has 0 bridgehead atoms. The van der Waals surface area contributed by atoms with E-state index < -0.39 is 18.0 Å². The maximum Gasteiger partial charge on any atom is 0.331 e. The van der Waals surface area contributed by atoms with Crippen molar-refractivity contribution in [2.24, 2.45) is 0 Å². The Morgan fingerprint density at radius 3 is 2.30 bits per heavy atom. The van der Waals surface area contributed by atoms with Crippen LogP contribution in [0, 0.1) is 0 Å². The molecule has 0 heterocycles.